The van der Waals surface area contributed by atoms with E-state index in [1.54, 1.807) is 4.90 Å². The van der Waals surface area contributed by atoms with Crippen LogP contribution in [0, 0.1) is 0 Å². The summed E-state index contributed by atoms with van der Waals surface area (Å²) in [7, 11) is 0. The Bertz CT molecular complexity index is 634. The number of ketones is 2. The lowest BCUT2D eigenvalue weighted by molar-refractivity contribution is -0.118. The number of nitrogens with zero attached hydrogens (tertiary/aromatic N) is 1. The van der Waals surface area contributed by atoms with E-state index < -0.39 is 5.60 Å². The van der Waals surface area contributed by atoms with Gasteiger partial charge in [-0.3, -0.25) is 9.59 Å². The second kappa shape index (κ2) is 9.94. The number of ether oxygens (including phenoxy) is 3. The fraction of sp³-hybridized carbons (Fsp3) is 0.857. The van der Waals surface area contributed by atoms with Crippen molar-refractivity contribution in [2.45, 2.75) is 76.1 Å². The first kappa shape index (κ1) is 25.0. The smallest absolute Gasteiger partial charge is 0.410 e. The first-order valence-electron chi connectivity index (χ1n) is 10.6. The number of piperidine rings is 2. The van der Waals surface area contributed by atoms with E-state index in [1.165, 1.54) is 0 Å². The third-order valence-corrected chi connectivity index (χ3v) is 5.96. The number of hydrogen-bond acceptors (Lipinski definition) is 7. The monoisotopic (exact) mass is 446 g/mol. The van der Waals surface area contributed by atoms with Gasteiger partial charge in [0.15, 0.2) is 11.6 Å². The van der Waals surface area contributed by atoms with Gasteiger partial charge in [-0.15, -0.1) is 12.4 Å². The van der Waals surface area contributed by atoms with Gasteiger partial charge >= 0.3 is 6.09 Å². The maximum absolute atomic E-state index is 11.9. The number of carbonyl (C=O) groups excluding carboxylic acids is 3. The first-order valence-corrected chi connectivity index (χ1v) is 10.6. The third-order valence-electron chi connectivity index (χ3n) is 5.96. The van der Waals surface area contributed by atoms with Crippen LogP contribution in [0.1, 0.15) is 59.3 Å². The first-order chi connectivity index (χ1) is 13.6. The van der Waals surface area contributed by atoms with E-state index >= 15 is 0 Å². The number of hydrogen-bond donors (Lipinski definition) is 1. The van der Waals surface area contributed by atoms with Crippen LogP contribution in [0.5, 0.6) is 0 Å². The predicted molar refractivity (Wildman–Crippen MR) is 113 cm³/mol. The summed E-state index contributed by atoms with van der Waals surface area (Å²) in [6, 6.07) is 0. The van der Waals surface area contributed by atoms with Crippen LogP contribution in [-0.2, 0) is 23.8 Å². The summed E-state index contributed by atoms with van der Waals surface area (Å²) in [6.07, 6.45) is 4.30. The van der Waals surface area contributed by atoms with Crippen LogP contribution >= 0.6 is 12.4 Å². The predicted octanol–water partition coefficient (Wildman–Crippen LogP) is 2.27. The Morgan fingerprint density at radius 2 is 1.40 bits per heavy atom. The second-order valence-electron chi connectivity index (χ2n) is 9.59. The van der Waals surface area contributed by atoms with Gasteiger partial charge in [-0.2, -0.15) is 0 Å². The molecule has 1 N–H and O–H groups in total. The van der Waals surface area contributed by atoms with Crippen LogP contribution < -0.4 is 5.32 Å². The van der Waals surface area contributed by atoms with E-state index in [4.69, 9.17) is 14.2 Å². The van der Waals surface area contributed by atoms with Crippen molar-refractivity contribution < 1.29 is 28.6 Å². The highest BCUT2D eigenvalue weighted by molar-refractivity contribution is 5.85. The minimum atomic E-state index is -0.466. The molecule has 1 amide bonds. The average molecular weight is 447 g/mol. The summed E-state index contributed by atoms with van der Waals surface area (Å²) >= 11 is 0. The Kier molecular flexibility index (Phi) is 8.29. The number of nitrogens with one attached hydrogen (secondary N) is 1. The number of amides is 1. The molecule has 0 aromatic carbocycles. The van der Waals surface area contributed by atoms with Crippen molar-refractivity contribution in [1.82, 2.24) is 10.2 Å². The lowest BCUT2D eigenvalue weighted by Gasteiger charge is -2.38. The van der Waals surface area contributed by atoms with Crippen LogP contribution in [0.15, 0.2) is 0 Å². The molecule has 0 aromatic heterocycles. The minimum absolute atomic E-state index is 0. The van der Waals surface area contributed by atoms with Crippen LogP contribution in [0.2, 0.25) is 0 Å². The Morgan fingerprint density at radius 3 is 1.80 bits per heavy atom. The number of carbonyl (C=O) groups is 3. The molecule has 9 heteroatoms. The number of likely N-dealkylation sites (tertiary alicyclic amines) is 1. The van der Waals surface area contributed by atoms with Crippen molar-refractivity contribution in [2.24, 2.45) is 0 Å². The van der Waals surface area contributed by atoms with Gasteiger partial charge in [0.1, 0.15) is 18.8 Å². The molecule has 0 aliphatic carbocycles. The lowest BCUT2D eigenvalue weighted by atomic mass is 9.88. The number of Topliss-reactive ketones (excluding diaryl/α,β-unsaturated/α-hetero) is 2. The van der Waals surface area contributed by atoms with Gasteiger partial charge in [0.25, 0.3) is 0 Å². The van der Waals surface area contributed by atoms with E-state index in [2.05, 4.69) is 5.32 Å². The van der Waals surface area contributed by atoms with Crippen molar-refractivity contribution in [1.29, 1.82) is 0 Å². The second-order valence-corrected chi connectivity index (χ2v) is 9.59. The molecule has 4 heterocycles. The van der Waals surface area contributed by atoms with Crippen LogP contribution in [0.4, 0.5) is 4.79 Å². The van der Waals surface area contributed by atoms with Gasteiger partial charge in [-0.25, -0.2) is 4.79 Å². The third kappa shape index (κ3) is 6.64. The highest BCUT2D eigenvalue weighted by Crippen LogP contribution is 2.34. The highest BCUT2D eigenvalue weighted by atomic mass is 35.5. The molecule has 4 rings (SSSR count). The normalized spacial score (nSPS) is 25.0. The fourth-order valence-electron chi connectivity index (χ4n) is 4.34. The van der Waals surface area contributed by atoms with Gasteiger partial charge < -0.3 is 24.4 Å². The zero-order chi connectivity index (χ0) is 21.1. The van der Waals surface area contributed by atoms with E-state index in [1.807, 2.05) is 20.8 Å². The van der Waals surface area contributed by atoms with Gasteiger partial charge in [0.05, 0.1) is 11.2 Å². The molecular formula is C21H35ClN2O6. The topological polar surface area (TPSA) is 94.2 Å². The molecule has 0 aromatic rings. The molecule has 0 bridgehead atoms. The van der Waals surface area contributed by atoms with Crippen molar-refractivity contribution in [3.05, 3.63) is 0 Å². The molecule has 4 aliphatic heterocycles. The zero-order valence-electron chi connectivity index (χ0n) is 18.3. The Hall–Kier alpha value is -1.22. The van der Waals surface area contributed by atoms with E-state index in [-0.39, 0.29) is 47.9 Å². The van der Waals surface area contributed by atoms with Gasteiger partial charge in [-0.05, 0) is 59.5 Å². The zero-order valence-corrected chi connectivity index (χ0v) is 19.1. The van der Waals surface area contributed by atoms with Crippen LogP contribution in [0.25, 0.3) is 0 Å². The number of rotatable bonds is 0. The molecule has 0 atom stereocenters. The largest absolute Gasteiger partial charge is 0.444 e. The molecule has 4 fully saturated rings. The summed E-state index contributed by atoms with van der Waals surface area (Å²) in [5.41, 5.74) is -0.843. The van der Waals surface area contributed by atoms with Crippen molar-refractivity contribution >= 4 is 30.1 Å². The Balaban J connectivity index is 0.000000229. The van der Waals surface area contributed by atoms with Gasteiger partial charge in [-0.1, -0.05) is 0 Å². The molecule has 0 saturated carbocycles. The molecule has 8 nitrogen and oxygen atoms in total. The lowest BCUT2D eigenvalue weighted by Crippen LogP contribution is -2.47. The van der Waals surface area contributed by atoms with Gasteiger partial charge in [0, 0.05) is 25.9 Å². The van der Waals surface area contributed by atoms with E-state index in [0.29, 0.717) is 32.5 Å². The molecule has 172 valence electrons. The minimum Gasteiger partial charge on any atom is -0.444 e. The molecule has 4 aliphatic rings. The summed E-state index contributed by atoms with van der Waals surface area (Å²) in [5.74, 6) is 0.438. The molecule has 2 spiro atoms. The van der Waals surface area contributed by atoms with Crippen molar-refractivity contribution in [3.63, 3.8) is 0 Å². The maximum atomic E-state index is 11.9. The standard InChI is InChI=1S/C13H21NO4.C8H13NO2.ClH/c1-12(2,3)18-11(16)14-6-4-13(5-7-14)8-10(15)9-17-13;10-7-5-8(11-6-7)1-3-9-4-2-8;/h4-9H2,1-3H3;9H,1-6H2;1H. The van der Waals surface area contributed by atoms with Crippen LogP contribution in [-0.4, -0.2) is 78.8 Å². The van der Waals surface area contributed by atoms with Crippen LogP contribution in [0.3, 0.4) is 0 Å². The summed E-state index contributed by atoms with van der Waals surface area (Å²) < 4.78 is 16.4. The Labute approximate surface area is 184 Å². The summed E-state index contributed by atoms with van der Waals surface area (Å²) in [4.78, 5) is 35.8. The molecular weight excluding hydrogens is 412 g/mol. The molecule has 0 radical (unpaired) electrons. The average Bonchev–Trinajstić information content (AvgIpc) is 3.18. The molecule has 30 heavy (non-hydrogen) atoms. The van der Waals surface area contributed by atoms with E-state index in [9.17, 15) is 14.4 Å². The highest BCUT2D eigenvalue weighted by Gasteiger charge is 2.43. The van der Waals surface area contributed by atoms with Crippen molar-refractivity contribution in [3.8, 4) is 0 Å². The van der Waals surface area contributed by atoms with E-state index in [0.717, 1.165) is 38.8 Å². The Morgan fingerprint density at radius 1 is 0.933 bits per heavy atom. The maximum Gasteiger partial charge on any atom is 0.410 e. The van der Waals surface area contributed by atoms with Gasteiger partial charge in [0.2, 0.25) is 0 Å². The SMILES string of the molecule is CC(C)(C)OC(=O)N1CCC2(CC1)CC(=O)CO2.Cl.O=C1COC2(CCNCC2)C1. The quantitative estimate of drug-likeness (QED) is 0.609. The molecule has 0 unspecified atom stereocenters. The summed E-state index contributed by atoms with van der Waals surface area (Å²) in [6.45, 7) is 9.33. The molecule has 4 saturated heterocycles. The van der Waals surface area contributed by atoms with Crippen molar-refractivity contribution in [2.75, 3.05) is 39.4 Å². The summed E-state index contributed by atoms with van der Waals surface area (Å²) in [5, 5.41) is 3.26. The number of halogens is 1. The fourth-order valence-corrected chi connectivity index (χ4v) is 4.34.